The zero-order valence-electron chi connectivity index (χ0n) is 13.9. The zero-order valence-corrected chi connectivity index (χ0v) is 17.0. The molecule has 0 saturated carbocycles. The van der Waals surface area contributed by atoms with Gasteiger partial charge in [0.25, 0.3) is 0 Å². The average molecular weight is 372 g/mol. The summed E-state index contributed by atoms with van der Waals surface area (Å²) in [6, 6.07) is 5.21. The number of aromatic amines is 1. The molecule has 0 fully saturated rings. The first kappa shape index (κ1) is 21.8. The third-order valence-electron chi connectivity index (χ3n) is 3.73. The van der Waals surface area contributed by atoms with Gasteiger partial charge in [0.1, 0.15) is 12.1 Å². The number of aromatic nitrogens is 1. The van der Waals surface area contributed by atoms with Crippen molar-refractivity contribution in [3.8, 4) is 0 Å². The summed E-state index contributed by atoms with van der Waals surface area (Å²) in [7, 11) is 0. The molecule has 0 radical (unpaired) electrons. The van der Waals surface area contributed by atoms with E-state index in [2.05, 4.69) is 10.3 Å². The smallest absolute Gasteiger partial charge is 0.480 e. The number of carboxylic acid groups (broad SMARTS) is 2. The van der Waals surface area contributed by atoms with Gasteiger partial charge in [-0.3, -0.25) is 9.59 Å². The number of amides is 1. The summed E-state index contributed by atoms with van der Waals surface area (Å²) in [6.45, 7) is 0. The summed E-state index contributed by atoms with van der Waals surface area (Å²) in [5, 5.41) is 21.3. The monoisotopic (exact) mass is 372 g/mol. The van der Waals surface area contributed by atoms with Crippen molar-refractivity contribution < 1.29 is 76.0 Å². The third-order valence-corrected chi connectivity index (χ3v) is 3.73. The Morgan fingerprint density at radius 3 is 2.48 bits per heavy atom. The number of carboxylic acids is 2. The van der Waals surface area contributed by atoms with Crippen LogP contribution in [0, 0.1) is 0 Å². The maximum Gasteiger partial charge on any atom is 1.00 e. The Kier molecular flexibility index (Phi) is 8.76. The molecule has 1 aromatic heterocycles. The second-order valence-corrected chi connectivity index (χ2v) is 5.51. The van der Waals surface area contributed by atoms with Crippen molar-refractivity contribution in [2.75, 3.05) is 0 Å². The maximum atomic E-state index is 11.8. The maximum absolute atomic E-state index is 11.8. The van der Waals surface area contributed by atoms with Gasteiger partial charge in [-0.2, -0.15) is 0 Å². The minimum Gasteiger partial charge on any atom is -0.480 e. The largest absolute Gasteiger partial charge is 1.00 e. The van der Waals surface area contributed by atoms with E-state index in [1.54, 1.807) is 6.20 Å². The number of fused-ring (bicyclic) bond motifs is 1. The topological polar surface area (TPSA) is 146 Å². The van der Waals surface area contributed by atoms with Gasteiger partial charge < -0.3 is 26.2 Å². The molecule has 0 aliphatic rings. The number of nitrogens with two attached hydrogens (primary N) is 1. The van der Waals surface area contributed by atoms with Crippen LogP contribution in [0.15, 0.2) is 30.5 Å². The molecular formula is C16H19KN3O5+. The van der Waals surface area contributed by atoms with Crippen LogP contribution in [0.5, 0.6) is 0 Å². The van der Waals surface area contributed by atoms with E-state index in [4.69, 9.17) is 10.8 Å². The number of para-hydroxylation sites is 1. The Hall–Kier alpha value is -1.23. The van der Waals surface area contributed by atoms with Gasteiger partial charge in [0.05, 0.1) is 0 Å². The summed E-state index contributed by atoms with van der Waals surface area (Å²) >= 11 is 0. The van der Waals surface area contributed by atoms with Gasteiger partial charge in [-0.15, -0.1) is 0 Å². The minimum absolute atomic E-state index is 0. The van der Waals surface area contributed by atoms with Crippen molar-refractivity contribution in [3.63, 3.8) is 0 Å². The molecule has 8 nitrogen and oxygen atoms in total. The molecule has 9 heteroatoms. The first-order valence-corrected chi connectivity index (χ1v) is 7.44. The molecule has 0 aliphatic carbocycles. The van der Waals surface area contributed by atoms with Crippen molar-refractivity contribution in [1.82, 2.24) is 10.3 Å². The molecule has 0 bridgehead atoms. The standard InChI is InChI=1S/C16H19N3O5.K/c17-11(15(21)22)5-6-14(20)19-13(16(23)24)7-9-8-18-12-4-2-1-3-10(9)12;/h1-4,8,11,13,18H,5-7,17H2,(H,19,20)(H,21,22)(H,23,24);/q;+1/t11-,13-;/m1./s1. The molecular weight excluding hydrogens is 353 g/mol. The quantitative estimate of drug-likeness (QED) is 0.323. The molecule has 0 unspecified atom stereocenters. The molecule has 0 saturated heterocycles. The summed E-state index contributed by atoms with van der Waals surface area (Å²) in [5.41, 5.74) is 6.99. The van der Waals surface area contributed by atoms with Gasteiger partial charge in [0, 0.05) is 29.9 Å². The Balaban J connectivity index is 0.00000312. The van der Waals surface area contributed by atoms with E-state index >= 15 is 0 Å². The Bertz CT molecular complexity index is 761. The number of nitrogens with one attached hydrogen (secondary N) is 2. The second kappa shape index (κ2) is 10.0. The van der Waals surface area contributed by atoms with Crippen LogP contribution in [0.4, 0.5) is 0 Å². The SMILES string of the molecule is N[C@H](CCC(=O)N[C@H](Cc1c[nH]c2ccccc12)C(=O)O)C(=O)O.[K+]. The number of hydrogen-bond donors (Lipinski definition) is 5. The number of carbonyl (C=O) groups excluding carboxylic acids is 1. The van der Waals surface area contributed by atoms with Gasteiger partial charge in [0.2, 0.25) is 5.91 Å². The fourth-order valence-corrected chi connectivity index (χ4v) is 2.40. The molecule has 2 aromatic rings. The van der Waals surface area contributed by atoms with Gasteiger partial charge >= 0.3 is 63.3 Å². The van der Waals surface area contributed by atoms with E-state index in [9.17, 15) is 19.5 Å². The van der Waals surface area contributed by atoms with Crippen LogP contribution in [0.1, 0.15) is 18.4 Å². The fraction of sp³-hybridized carbons (Fsp3) is 0.312. The molecule has 0 aliphatic heterocycles. The number of aliphatic carboxylic acids is 2. The van der Waals surface area contributed by atoms with Crippen molar-refractivity contribution in [3.05, 3.63) is 36.0 Å². The van der Waals surface area contributed by atoms with Crippen LogP contribution in [0.3, 0.4) is 0 Å². The predicted molar refractivity (Wildman–Crippen MR) is 86.4 cm³/mol. The van der Waals surface area contributed by atoms with Crippen LogP contribution in [-0.2, 0) is 20.8 Å². The van der Waals surface area contributed by atoms with Crippen LogP contribution >= 0.6 is 0 Å². The third kappa shape index (κ3) is 6.21. The van der Waals surface area contributed by atoms with Crippen molar-refractivity contribution in [1.29, 1.82) is 0 Å². The van der Waals surface area contributed by atoms with E-state index in [0.29, 0.717) is 0 Å². The van der Waals surface area contributed by atoms with Crippen LogP contribution in [-0.4, -0.2) is 45.1 Å². The number of H-pyrrole nitrogens is 1. The van der Waals surface area contributed by atoms with E-state index in [1.807, 2.05) is 24.3 Å². The van der Waals surface area contributed by atoms with Crippen molar-refractivity contribution in [2.24, 2.45) is 5.73 Å². The minimum atomic E-state index is -1.20. The molecule has 25 heavy (non-hydrogen) atoms. The Morgan fingerprint density at radius 1 is 1.16 bits per heavy atom. The summed E-state index contributed by atoms with van der Waals surface area (Å²) < 4.78 is 0. The molecule has 0 spiro atoms. The van der Waals surface area contributed by atoms with E-state index in [-0.39, 0.29) is 70.6 Å². The van der Waals surface area contributed by atoms with Gasteiger partial charge in [-0.25, -0.2) is 4.79 Å². The zero-order chi connectivity index (χ0) is 17.7. The van der Waals surface area contributed by atoms with Crippen LogP contribution < -0.4 is 62.4 Å². The van der Waals surface area contributed by atoms with Gasteiger partial charge in [0.15, 0.2) is 0 Å². The number of rotatable bonds is 8. The average Bonchev–Trinajstić information content (AvgIpc) is 2.95. The van der Waals surface area contributed by atoms with E-state index < -0.39 is 29.9 Å². The van der Waals surface area contributed by atoms with Crippen LogP contribution in [0.2, 0.25) is 0 Å². The molecule has 1 aromatic carbocycles. The molecule has 1 heterocycles. The number of hydrogen-bond acceptors (Lipinski definition) is 4. The fourth-order valence-electron chi connectivity index (χ4n) is 2.40. The Morgan fingerprint density at radius 2 is 1.84 bits per heavy atom. The first-order valence-electron chi connectivity index (χ1n) is 7.44. The van der Waals surface area contributed by atoms with Crippen molar-refractivity contribution >= 4 is 28.7 Å². The number of benzene rings is 1. The summed E-state index contributed by atoms with van der Waals surface area (Å²) in [5.74, 6) is -2.90. The van der Waals surface area contributed by atoms with Crippen molar-refractivity contribution in [2.45, 2.75) is 31.3 Å². The Labute approximate surface area is 186 Å². The predicted octanol–water partition coefficient (Wildman–Crippen LogP) is -2.52. The second-order valence-electron chi connectivity index (χ2n) is 5.51. The van der Waals surface area contributed by atoms with E-state index in [1.165, 1.54) is 0 Å². The molecule has 2 atom stereocenters. The van der Waals surface area contributed by atoms with Crippen LogP contribution in [0.25, 0.3) is 10.9 Å². The number of carbonyl (C=O) groups is 3. The molecule has 6 N–H and O–H groups in total. The summed E-state index contributed by atoms with van der Waals surface area (Å²) in [6.07, 6.45) is 1.63. The molecule has 1 amide bonds. The molecule has 128 valence electrons. The summed E-state index contributed by atoms with van der Waals surface area (Å²) in [4.78, 5) is 36.9. The van der Waals surface area contributed by atoms with Gasteiger partial charge in [-0.05, 0) is 18.1 Å². The normalized spacial score (nSPS) is 12.8. The van der Waals surface area contributed by atoms with E-state index in [0.717, 1.165) is 16.5 Å². The first-order chi connectivity index (χ1) is 11.4. The molecule has 2 rings (SSSR count). The van der Waals surface area contributed by atoms with Gasteiger partial charge in [-0.1, -0.05) is 18.2 Å².